The second-order valence-corrected chi connectivity index (χ2v) is 3.64. The molecule has 0 fully saturated rings. The largest absolute Gasteiger partial charge is 0.467 e. The van der Waals surface area contributed by atoms with Crippen LogP contribution in [0.4, 0.5) is 20.7 Å². The molecule has 0 aliphatic carbocycles. The Morgan fingerprint density at radius 3 is 2.61 bits per heavy atom. The molecule has 1 rings (SSSR count). The van der Waals surface area contributed by atoms with Gasteiger partial charge in [0.1, 0.15) is 0 Å². The SMILES string of the molecule is CCCNc1nc(OC)nc(N(C)CC(F)F)n1. The molecule has 0 aliphatic heterocycles. The number of ether oxygens (including phenoxy) is 1. The van der Waals surface area contributed by atoms with Gasteiger partial charge in [-0.2, -0.15) is 15.0 Å². The monoisotopic (exact) mass is 261 g/mol. The normalized spacial score (nSPS) is 10.6. The van der Waals surface area contributed by atoms with Crippen LogP contribution < -0.4 is 15.0 Å². The maximum Gasteiger partial charge on any atom is 0.322 e. The summed E-state index contributed by atoms with van der Waals surface area (Å²) in [6.45, 7) is 2.24. The Hall–Kier alpha value is -1.73. The summed E-state index contributed by atoms with van der Waals surface area (Å²) < 4.78 is 29.5. The van der Waals surface area contributed by atoms with Crippen LogP contribution in [-0.2, 0) is 0 Å². The summed E-state index contributed by atoms with van der Waals surface area (Å²) in [5, 5.41) is 2.96. The van der Waals surface area contributed by atoms with Crippen molar-refractivity contribution in [2.24, 2.45) is 0 Å². The van der Waals surface area contributed by atoms with Gasteiger partial charge in [0.05, 0.1) is 13.7 Å². The minimum absolute atomic E-state index is 0.0970. The third-order valence-electron chi connectivity index (χ3n) is 2.07. The fourth-order valence-corrected chi connectivity index (χ4v) is 1.21. The number of aromatic nitrogens is 3. The van der Waals surface area contributed by atoms with E-state index in [9.17, 15) is 8.78 Å². The highest BCUT2D eigenvalue weighted by molar-refractivity contribution is 5.37. The first-order valence-electron chi connectivity index (χ1n) is 5.60. The van der Waals surface area contributed by atoms with Gasteiger partial charge in [-0.05, 0) is 6.42 Å². The van der Waals surface area contributed by atoms with Gasteiger partial charge in [-0.25, -0.2) is 8.78 Å². The van der Waals surface area contributed by atoms with Crippen molar-refractivity contribution in [2.45, 2.75) is 19.8 Å². The third-order valence-corrected chi connectivity index (χ3v) is 2.07. The molecule has 0 atom stereocenters. The molecular weight excluding hydrogens is 244 g/mol. The average molecular weight is 261 g/mol. The quantitative estimate of drug-likeness (QED) is 0.800. The van der Waals surface area contributed by atoms with E-state index in [-0.39, 0.29) is 12.0 Å². The Bertz CT molecular complexity index is 377. The molecule has 0 radical (unpaired) electrons. The van der Waals surface area contributed by atoms with Crippen molar-refractivity contribution in [2.75, 3.05) is 37.5 Å². The van der Waals surface area contributed by atoms with Gasteiger partial charge in [0.25, 0.3) is 6.43 Å². The summed E-state index contributed by atoms with van der Waals surface area (Å²) in [6.07, 6.45) is -1.55. The summed E-state index contributed by atoms with van der Waals surface area (Å²) in [7, 11) is 2.90. The van der Waals surface area contributed by atoms with Crippen LogP contribution in [0.25, 0.3) is 0 Å². The fraction of sp³-hybridized carbons (Fsp3) is 0.700. The fourth-order valence-electron chi connectivity index (χ4n) is 1.21. The molecule has 0 saturated heterocycles. The molecule has 0 bridgehead atoms. The predicted octanol–water partition coefficient (Wildman–Crippen LogP) is 1.40. The number of rotatable bonds is 7. The maximum absolute atomic E-state index is 12.3. The van der Waals surface area contributed by atoms with Gasteiger partial charge in [0, 0.05) is 13.6 Å². The topological polar surface area (TPSA) is 63.2 Å². The number of methoxy groups -OCH3 is 1. The van der Waals surface area contributed by atoms with Crippen LogP contribution in [0, 0.1) is 0 Å². The molecule has 0 unspecified atom stereocenters. The smallest absolute Gasteiger partial charge is 0.322 e. The number of halogens is 2. The van der Waals surface area contributed by atoms with Crippen molar-refractivity contribution in [3.05, 3.63) is 0 Å². The van der Waals surface area contributed by atoms with Crippen LogP contribution in [0.1, 0.15) is 13.3 Å². The minimum atomic E-state index is -2.45. The number of hydrogen-bond acceptors (Lipinski definition) is 6. The standard InChI is InChI=1S/C10H17F2N5O/c1-4-5-13-8-14-9(16-10(15-8)18-3)17(2)6-7(11)12/h7H,4-6H2,1-3H3,(H,13,14,15,16). The molecule has 1 N–H and O–H groups in total. The minimum Gasteiger partial charge on any atom is -0.467 e. The lowest BCUT2D eigenvalue weighted by Crippen LogP contribution is -2.26. The van der Waals surface area contributed by atoms with E-state index in [1.165, 1.54) is 19.1 Å². The molecule has 1 aromatic rings. The van der Waals surface area contributed by atoms with Gasteiger partial charge >= 0.3 is 6.01 Å². The lowest BCUT2D eigenvalue weighted by Gasteiger charge is -2.17. The Kier molecular flexibility index (Phi) is 5.47. The Morgan fingerprint density at radius 1 is 1.33 bits per heavy atom. The lowest BCUT2D eigenvalue weighted by atomic mass is 10.5. The van der Waals surface area contributed by atoms with E-state index in [1.54, 1.807) is 0 Å². The van der Waals surface area contributed by atoms with Crippen LogP contribution in [0.5, 0.6) is 6.01 Å². The Balaban J connectivity index is 2.88. The molecule has 1 heterocycles. The molecule has 102 valence electrons. The van der Waals surface area contributed by atoms with Crippen LogP contribution >= 0.6 is 0 Å². The van der Waals surface area contributed by atoms with Crippen LogP contribution in [0.15, 0.2) is 0 Å². The predicted molar refractivity (Wildman–Crippen MR) is 64.4 cm³/mol. The molecule has 0 spiro atoms. The van der Waals surface area contributed by atoms with Crippen molar-refractivity contribution < 1.29 is 13.5 Å². The van der Waals surface area contributed by atoms with Crippen molar-refractivity contribution in [3.8, 4) is 6.01 Å². The first kappa shape index (κ1) is 14.3. The van der Waals surface area contributed by atoms with E-state index in [1.807, 2.05) is 6.92 Å². The maximum atomic E-state index is 12.3. The Morgan fingerprint density at radius 2 is 2.06 bits per heavy atom. The van der Waals surface area contributed by atoms with E-state index in [4.69, 9.17) is 4.74 Å². The van der Waals surface area contributed by atoms with Crippen LogP contribution in [0.2, 0.25) is 0 Å². The number of nitrogens with zero attached hydrogens (tertiary/aromatic N) is 4. The molecule has 0 amide bonds. The molecule has 0 saturated carbocycles. The molecule has 18 heavy (non-hydrogen) atoms. The highest BCUT2D eigenvalue weighted by atomic mass is 19.3. The van der Waals surface area contributed by atoms with E-state index in [0.29, 0.717) is 12.5 Å². The molecule has 6 nitrogen and oxygen atoms in total. The van der Waals surface area contributed by atoms with Gasteiger partial charge in [-0.15, -0.1) is 0 Å². The van der Waals surface area contributed by atoms with E-state index >= 15 is 0 Å². The number of hydrogen-bond donors (Lipinski definition) is 1. The molecule has 8 heteroatoms. The highest BCUT2D eigenvalue weighted by Gasteiger charge is 2.14. The van der Waals surface area contributed by atoms with Crippen molar-refractivity contribution in [1.29, 1.82) is 0 Å². The second kappa shape index (κ2) is 6.87. The van der Waals surface area contributed by atoms with Gasteiger partial charge in [0.15, 0.2) is 0 Å². The zero-order valence-electron chi connectivity index (χ0n) is 10.7. The summed E-state index contributed by atoms with van der Waals surface area (Å²) in [6, 6.07) is 0.0970. The van der Waals surface area contributed by atoms with E-state index in [2.05, 4.69) is 20.3 Å². The summed E-state index contributed by atoms with van der Waals surface area (Å²) in [5.74, 6) is 0.473. The molecule has 0 aromatic carbocycles. The lowest BCUT2D eigenvalue weighted by molar-refractivity contribution is 0.156. The van der Waals surface area contributed by atoms with Crippen molar-refractivity contribution in [1.82, 2.24) is 15.0 Å². The van der Waals surface area contributed by atoms with Crippen molar-refractivity contribution >= 4 is 11.9 Å². The van der Waals surface area contributed by atoms with E-state index in [0.717, 1.165) is 6.42 Å². The number of alkyl halides is 2. The highest BCUT2D eigenvalue weighted by Crippen LogP contribution is 2.14. The second-order valence-electron chi connectivity index (χ2n) is 3.64. The average Bonchev–Trinajstić information content (AvgIpc) is 2.35. The zero-order valence-corrected chi connectivity index (χ0v) is 10.7. The zero-order chi connectivity index (χ0) is 13.5. The van der Waals surface area contributed by atoms with E-state index < -0.39 is 13.0 Å². The first-order chi connectivity index (χ1) is 8.56. The summed E-state index contributed by atoms with van der Waals surface area (Å²) in [4.78, 5) is 13.2. The van der Waals surface area contributed by atoms with Crippen LogP contribution in [-0.4, -0.2) is 48.6 Å². The Labute approximate surface area is 104 Å². The third kappa shape index (κ3) is 4.27. The van der Waals surface area contributed by atoms with Gasteiger partial charge < -0.3 is 15.0 Å². The number of anilines is 2. The van der Waals surface area contributed by atoms with Gasteiger partial charge in [-0.1, -0.05) is 6.92 Å². The molecular formula is C10H17F2N5O. The molecule has 1 aromatic heterocycles. The molecule has 0 aliphatic rings. The van der Waals surface area contributed by atoms with Crippen LogP contribution in [0.3, 0.4) is 0 Å². The van der Waals surface area contributed by atoms with Gasteiger partial charge in [0.2, 0.25) is 11.9 Å². The van der Waals surface area contributed by atoms with Gasteiger partial charge in [-0.3, -0.25) is 0 Å². The summed E-state index contributed by atoms with van der Waals surface area (Å²) in [5.41, 5.74) is 0. The van der Waals surface area contributed by atoms with Crippen molar-refractivity contribution in [3.63, 3.8) is 0 Å². The number of nitrogens with one attached hydrogen (secondary N) is 1. The summed E-state index contributed by atoms with van der Waals surface area (Å²) >= 11 is 0. The first-order valence-corrected chi connectivity index (χ1v) is 5.60.